The number of ether oxygens (including phenoxy) is 8. The van der Waals surface area contributed by atoms with Crippen molar-refractivity contribution in [1.29, 1.82) is 0 Å². The lowest BCUT2D eigenvalue weighted by Crippen LogP contribution is -2.57. The van der Waals surface area contributed by atoms with Crippen LogP contribution in [0.3, 0.4) is 0 Å². The SMILES string of the molecule is C=CCN1C[C@H](C)N([C@H](c2ccc(C(C)=O)cc2)c2cccc(OCCOCCOCCOCCOCCOCCOCCOC)c2)C[C@H]1C. The van der Waals surface area contributed by atoms with Gasteiger partial charge in [0.2, 0.25) is 0 Å². The fraction of sp³-hybridized carbons (Fsp3) is 0.615. The third-order valence-electron chi connectivity index (χ3n) is 8.45. The number of piperazine rings is 1. The van der Waals surface area contributed by atoms with Gasteiger partial charge < -0.3 is 37.9 Å². The second kappa shape index (κ2) is 25.3. The molecule has 0 bridgehead atoms. The zero-order valence-electron chi connectivity index (χ0n) is 30.7. The Morgan fingerprint density at radius 3 is 1.74 bits per heavy atom. The molecule has 0 unspecified atom stereocenters. The first-order valence-corrected chi connectivity index (χ1v) is 17.8. The van der Waals surface area contributed by atoms with Crippen molar-refractivity contribution in [2.45, 2.75) is 38.9 Å². The summed E-state index contributed by atoms with van der Waals surface area (Å²) >= 11 is 0. The molecule has 1 aliphatic rings. The van der Waals surface area contributed by atoms with Crippen LogP contribution in [0.5, 0.6) is 5.75 Å². The van der Waals surface area contributed by atoms with E-state index in [1.165, 1.54) is 0 Å². The van der Waals surface area contributed by atoms with Gasteiger partial charge in [0.15, 0.2) is 5.78 Å². The van der Waals surface area contributed by atoms with Gasteiger partial charge in [0.05, 0.1) is 91.9 Å². The van der Waals surface area contributed by atoms with Crippen LogP contribution in [-0.4, -0.2) is 147 Å². The summed E-state index contributed by atoms with van der Waals surface area (Å²) in [5.74, 6) is 0.870. The van der Waals surface area contributed by atoms with Gasteiger partial charge >= 0.3 is 0 Å². The highest BCUT2D eigenvalue weighted by molar-refractivity contribution is 5.94. The molecule has 50 heavy (non-hydrogen) atoms. The predicted molar refractivity (Wildman–Crippen MR) is 194 cm³/mol. The van der Waals surface area contributed by atoms with Crippen LogP contribution >= 0.6 is 0 Å². The topological polar surface area (TPSA) is 97.4 Å². The molecular formula is C39H60N2O9. The molecule has 3 rings (SSSR count). The molecule has 0 radical (unpaired) electrons. The lowest BCUT2D eigenvalue weighted by Gasteiger charge is -2.47. The smallest absolute Gasteiger partial charge is 0.159 e. The Bertz CT molecular complexity index is 1200. The Kier molecular flexibility index (Phi) is 21.1. The first-order valence-electron chi connectivity index (χ1n) is 17.8. The van der Waals surface area contributed by atoms with Crippen LogP contribution in [0.15, 0.2) is 61.2 Å². The maximum Gasteiger partial charge on any atom is 0.159 e. The van der Waals surface area contributed by atoms with E-state index in [2.05, 4.69) is 54.5 Å². The number of ketones is 1. The maximum atomic E-state index is 12.0. The summed E-state index contributed by atoms with van der Waals surface area (Å²) in [6, 6.07) is 17.1. The second-order valence-corrected chi connectivity index (χ2v) is 12.3. The minimum absolute atomic E-state index is 0.0230. The van der Waals surface area contributed by atoms with Gasteiger partial charge in [-0.15, -0.1) is 6.58 Å². The standard InChI is InChI=1S/C39H60N2O9/c1-6-14-40-30-33(3)41(31-32(40)2)39(36-12-10-35(11-13-36)34(4)42)37-8-7-9-38(29-37)50-28-27-49-26-25-48-24-23-47-22-21-46-20-19-45-18-17-44-16-15-43-5/h6-13,29,32-33,39H,1,14-28,30-31H2,2-5H3/t32-,33+,39-/m1/s1. The van der Waals surface area contributed by atoms with E-state index in [0.717, 1.165) is 42.1 Å². The summed E-state index contributed by atoms with van der Waals surface area (Å²) in [5, 5.41) is 0. The Morgan fingerprint density at radius 2 is 1.24 bits per heavy atom. The van der Waals surface area contributed by atoms with E-state index >= 15 is 0 Å². The molecule has 1 saturated heterocycles. The number of rotatable bonds is 28. The number of nitrogens with zero attached hydrogens (tertiary/aromatic N) is 2. The molecule has 0 amide bonds. The summed E-state index contributed by atoms with van der Waals surface area (Å²) in [6.07, 6.45) is 1.98. The molecule has 0 aliphatic carbocycles. The van der Waals surface area contributed by atoms with Gasteiger partial charge in [0.1, 0.15) is 12.4 Å². The fourth-order valence-corrected chi connectivity index (χ4v) is 5.82. The minimum atomic E-state index is 0.0230. The van der Waals surface area contributed by atoms with E-state index in [-0.39, 0.29) is 11.8 Å². The van der Waals surface area contributed by atoms with Gasteiger partial charge in [0, 0.05) is 44.4 Å². The summed E-state index contributed by atoms with van der Waals surface area (Å²) in [4.78, 5) is 17.0. The average molecular weight is 701 g/mol. The van der Waals surface area contributed by atoms with E-state index in [1.54, 1.807) is 14.0 Å². The summed E-state index contributed by atoms with van der Waals surface area (Å²) in [5.41, 5.74) is 3.03. The summed E-state index contributed by atoms with van der Waals surface area (Å²) < 4.78 is 44.1. The number of Topliss-reactive ketones (excluding diaryl/α,β-unsaturated/α-hetero) is 1. The maximum absolute atomic E-state index is 12.0. The van der Waals surface area contributed by atoms with E-state index in [1.807, 2.05) is 30.3 Å². The van der Waals surface area contributed by atoms with Gasteiger partial charge in [-0.05, 0) is 44.0 Å². The number of methoxy groups -OCH3 is 1. The molecule has 1 fully saturated rings. The molecule has 0 aromatic heterocycles. The van der Waals surface area contributed by atoms with Gasteiger partial charge in [0.25, 0.3) is 0 Å². The van der Waals surface area contributed by atoms with E-state index in [9.17, 15) is 4.79 Å². The second-order valence-electron chi connectivity index (χ2n) is 12.3. The molecule has 0 saturated carbocycles. The lowest BCUT2D eigenvalue weighted by molar-refractivity contribution is -0.0199. The molecule has 11 heteroatoms. The Morgan fingerprint density at radius 1 is 0.720 bits per heavy atom. The first-order chi connectivity index (χ1) is 24.4. The number of carbonyl (C=O) groups excluding carboxylic acids is 1. The van der Waals surface area contributed by atoms with Crippen molar-refractivity contribution < 1.29 is 42.7 Å². The monoisotopic (exact) mass is 700 g/mol. The molecule has 3 atom stereocenters. The van der Waals surface area contributed by atoms with Crippen molar-refractivity contribution in [2.24, 2.45) is 0 Å². The Hall–Kier alpha value is -2.71. The molecular weight excluding hydrogens is 640 g/mol. The molecule has 2 aromatic carbocycles. The third-order valence-corrected chi connectivity index (χ3v) is 8.45. The first kappa shape index (κ1) is 41.7. The van der Waals surface area contributed by atoms with Crippen molar-refractivity contribution in [3.63, 3.8) is 0 Å². The molecule has 0 N–H and O–H groups in total. The average Bonchev–Trinajstić information content (AvgIpc) is 3.11. The van der Waals surface area contributed by atoms with Crippen molar-refractivity contribution in [3.05, 3.63) is 77.9 Å². The minimum Gasteiger partial charge on any atom is -0.491 e. The normalized spacial score (nSPS) is 17.5. The summed E-state index contributed by atoms with van der Waals surface area (Å²) in [7, 11) is 1.65. The summed E-state index contributed by atoms with van der Waals surface area (Å²) in [6.45, 7) is 20.1. The third kappa shape index (κ3) is 15.7. The van der Waals surface area contributed by atoms with Crippen LogP contribution in [0.1, 0.15) is 48.3 Å². The number of hydrogen-bond donors (Lipinski definition) is 0. The van der Waals surface area contributed by atoms with Gasteiger partial charge in [-0.2, -0.15) is 0 Å². The highest BCUT2D eigenvalue weighted by Crippen LogP contribution is 2.35. The fourth-order valence-electron chi connectivity index (χ4n) is 5.82. The Balaban J connectivity index is 1.33. The van der Waals surface area contributed by atoms with Crippen molar-refractivity contribution in [3.8, 4) is 5.75 Å². The van der Waals surface area contributed by atoms with Gasteiger partial charge in [-0.25, -0.2) is 0 Å². The van der Waals surface area contributed by atoms with E-state index in [4.69, 9.17) is 37.9 Å². The highest BCUT2D eigenvalue weighted by Gasteiger charge is 2.34. The van der Waals surface area contributed by atoms with E-state index < -0.39 is 0 Å². The lowest BCUT2D eigenvalue weighted by atomic mass is 9.92. The van der Waals surface area contributed by atoms with Gasteiger partial charge in [-0.3, -0.25) is 14.6 Å². The van der Waals surface area contributed by atoms with Crippen LogP contribution < -0.4 is 4.74 Å². The van der Waals surface area contributed by atoms with Crippen LogP contribution in [-0.2, 0) is 33.2 Å². The quantitative estimate of drug-likeness (QED) is 0.0704. The van der Waals surface area contributed by atoms with Crippen molar-refractivity contribution in [1.82, 2.24) is 9.80 Å². The number of carbonyl (C=O) groups is 1. The van der Waals surface area contributed by atoms with Gasteiger partial charge in [-0.1, -0.05) is 42.5 Å². The molecule has 280 valence electrons. The molecule has 1 aliphatic heterocycles. The van der Waals surface area contributed by atoms with Crippen LogP contribution in [0, 0.1) is 0 Å². The largest absolute Gasteiger partial charge is 0.491 e. The number of benzene rings is 2. The van der Waals surface area contributed by atoms with Crippen LogP contribution in [0.2, 0.25) is 0 Å². The predicted octanol–water partition coefficient (Wildman–Crippen LogP) is 4.68. The molecule has 2 aromatic rings. The highest BCUT2D eigenvalue weighted by atomic mass is 16.6. The molecule has 1 heterocycles. The Labute approximate surface area is 299 Å². The van der Waals surface area contributed by atoms with E-state index in [0.29, 0.717) is 105 Å². The van der Waals surface area contributed by atoms with Crippen LogP contribution in [0.25, 0.3) is 0 Å². The molecule has 0 spiro atoms. The zero-order valence-corrected chi connectivity index (χ0v) is 30.7. The van der Waals surface area contributed by atoms with Crippen molar-refractivity contribution in [2.75, 3.05) is 119 Å². The number of hydrogen-bond acceptors (Lipinski definition) is 11. The van der Waals surface area contributed by atoms with Crippen molar-refractivity contribution >= 4 is 5.78 Å². The van der Waals surface area contributed by atoms with Crippen LogP contribution in [0.4, 0.5) is 0 Å². The molecule has 11 nitrogen and oxygen atoms in total. The zero-order chi connectivity index (χ0) is 35.8.